The zero-order chi connectivity index (χ0) is 15.8. The molecule has 0 atom stereocenters. The fourth-order valence-corrected chi connectivity index (χ4v) is 2.61. The van der Waals surface area contributed by atoms with Crippen molar-refractivity contribution in [1.82, 2.24) is 9.97 Å². The molecule has 0 aliphatic heterocycles. The Bertz CT molecular complexity index is 634. The van der Waals surface area contributed by atoms with E-state index in [0.717, 1.165) is 36.1 Å². The highest BCUT2D eigenvalue weighted by Crippen LogP contribution is 2.24. The van der Waals surface area contributed by atoms with Crippen molar-refractivity contribution in [3.8, 4) is 0 Å². The molecule has 1 aromatic carbocycles. The number of nitrogens with zero attached hydrogens (tertiary/aromatic N) is 2. The van der Waals surface area contributed by atoms with E-state index < -0.39 is 0 Å². The van der Waals surface area contributed by atoms with Crippen LogP contribution in [0.25, 0.3) is 10.9 Å². The van der Waals surface area contributed by atoms with Crippen LogP contribution in [0, 0.1) is 0 Å². The van der Waals surface area contributed by atoms with Gasteiger partial charge in [-0.2, -0.15) is 0 Å². The zero-order valence-corrected chi connectivity index (χ0v) is 13.8. The van der Waals surface area contributed by atoms with Crippen molar-refractivity contribution >= 4 is 34.5 Å². The Balaban J connectivity index is 2.18. The number of carbonyl (C=O) groups excluding carboxylic acids is 1. The van der Waals surface area contributed by atoms with Gasteiger partial charge < -0.3 is 10.1 Å². The molecule has 0 spiro atoms. The lowest BCUT2D eigenvalue weighted by atomic mass is 10.2. The lowest BCUT2D eigenvalue weighted by molar-refractivity contribution is -0.139. The van der Waals surface area contributed by atoms with E-state index >= 15 is 0 Å². The van der Waals surface area contributed by atoms with Crippen molar-refractivity contribution < 1.29 is 9.53 Å². The summed E-state index contributed by atoms with van der Waals surface area (Å²) in [4.78, 5) is 20.5. The molecule has 0 aliphatic carbocycles. The second kappa shape index (κ2) is 8.58. The van der Waals surface area contributed by atoms with Crippen LogP contribution < -0.4 is 5.32 Å². The molecule has 0 unspecified atom stereocenters. The Morgan fingerprint density at radius 1 is 1.27 bits per heavy atom. The normalized spacial score (nSPS) is 10.6. The average Bonchev–Trinajstić information content (AvgIpc) is 2.53. The zero-order valence-electron chi connectivity index (χ0n) is 13.0. The molecule has 0 radical (unpaired) electrons. The summed E-state index contributed by atoms with van der Waals surface area (Å²) in [5.74, 6) is 0.802. The van der Waals surface area contributed by atoms with Gasteiger partial charge in [-0.3, -0.25) is 4.79 Å². The predicted molar refractivity (Wildman–Crippen MR) is 90.3 cm³/mol. The third kappa shape index (κ3) is 4.59. The molecule has 0 fully saturated rings. The summed E-state index contributed by atoms with van der Waals surface area (Å²) < 4.78 is 4.93. The number of hydrogen-bond donors (Lipinski definition) is 1. The molecule has 1 heterocycles. The molecule has 2 aromatic rings. The Morgan fingerprint density at radius 3 is 2.86 bits per heavy atom. The van der Waals surface area contributed by atoms with Crippen molar-refractivity contribution in [2.45, 2.75) is 31.8 Å². The van der Waals surface area contributed by atoms with E-state index in [-0.39, 0.29) is 11.7 Å². The number of nitrogens with one attached hydrogen (secondary N) is 1. The molecule has 0 amide bonds. The van der Waals surface area contributed by atoms with Gasteiger partial charge in [0, 0.05) is 11.9 Å². The molecule has 0 aliphatic rings. The molecule has 22 heavy (non-hydrogen) atoms. The summed E-state index contributed by atoms with van der Waals surface area (Å²) in [7, 11) is 0. The number of hydrogen-bond acceptors (Lipinski definition) is 6. The predicted octanol–water partition coefficient (Wildman–Crippen LogP) is 3.50. The van der Waals surface area contributed by atoms with Crippen molar-refractivity contribution in [3.05, 3.63) is 24.3 Å². The van der Waals surface area contributed by atoms with Gasteiger partial charge in [-0.15, -0.1) is 0 Å². The lowest BCUT2D eigenvalue weighted by Gasteiger charge is -2.10. The number of rotatable bonds is 8. The minimum Gasteiger partial charge on any atom is -0.465 e. The van der Waals surface area contributed by atoms with Crippen LogP contribution in [-0.4, -0.2) is 34.8 Å². The quantitative estimate of drug-likeness (QED) is 0.348. The van der Waals surface area contributed by atoms with Crippen molar-refractivity contribution in [3.63, 3.8) is 0 Å². The maximum absolute atomic E-state index is 11.5. The smallest absolute Gasteiger partial charge is 0.316 e. The first-order chi connectivity index (χ1) is 10.7. The second-order valence-electron chi connectivity index (χ2n) is 4.75. The molecule has 0 bridgehead atoms. The fourth-order valence-electron chi connectivity index (χ4n) is 1.96. The topological polar surface area (TPSA) is 64.1 Å². The van der Waals surface area contributed by atoms with Gasteiger partial charge in [0.1, 0.15) is 5.82 Å². The molecule has 1 aromatic heterocycles. The summed E-state index contributed by atoms with van der Waals surface area (Å²) in [6.07, 6.45) is 2.21. The van der Waals surface area contributed by atoms with E-state index in [1.54, 1.807) is 6.92 Å². The number of anilines is 1. The number of carbonyl (C=O) groups is 1. The van der Waals surface area contributed by atoms with Crippen LogP contribution in [0.3, 0.4) is 0 Å². The highest BCUT2D eigenvalue weighted by molar-refractivity contribution is 7.99. The van der Waals surface area contributed by atoms with Gasteiger partial charge >= 0.3 is 5.97 Å². The molecule has 118 valence electrons. The third-order valence-corrected chi connectivity index (χ3v) is 3.85. The summed E-state index contributed by atoms with van der Waals surface area (Å²) >= 11 is 1.30. The van der Waals surface area contributed by atoms with Gasteiger partial charge in [0.2, 0.25) is 0 Å². The van der Waals surface area contributed by atoms with Gasteiger partial charge in [0.25, 0.3) is 0 Å². The van der Waals surface area contributed by atoms with Crippen LogP contribution in [0.5, 0.6) is 0 Å². The largest absolute Gasteiger partial charge is 0.465 e. The summed E-state index contributed by atoms with van der Waals surface area (Å²) in [6, 6.07) is 7.88. The van der Waals surface area contributed by atoms with Crippen molar-refractivity contribution in [1.29, 1.82) is 0 Å². The molecule has 5 nitrogen and oxygen atoms in total. The van der Waals surface area contributed by atoms with Gasteiger partial charge in [-0.1, -0.05) is 37.2 Å². The van der Waals surface area contributed by atoms with E-state index in [0.29, 0.717) is 11.8 Å². The van der Waals surface area contributed by atoms with Crippen LogP contribution in [0.1, 0.15) is 26.7 Å². The highest BCUT2D eigenvalue weighted by atomic mass is 32.2. The maximum atomic E-state index is 11.5. The van der Waals surface area contributed by atoms with Gasteiger partial charge in [-0.05, 0) is 25.5 Å². The SMILES string of the molecule is CCCCNc1nc(SCC(=O)OCC)nc2ccccc12. The molecule has 6 heteroatoms. The number of fused-ring (bicyclic) bond motifs is 1. The third-order valence-electron chi connectivity index (χ3n) is 3.03. The summed E-state index contributed by atoms with van der Waals surface area (Å²) in [5, 5.41) is 4.95. The molecular weight excluding hydrogens is 298 g/mol. The summed E-state index contributed by atoms with van der Waals surface area (Å²) in [5.41, 5.74) is 0.878. The number of ether oxygens (including phenoxy) is 1. The van der Waals surface area contributed by atoms with Crippen LogP contribution in [0.2, 0.25) is 0 Å². The van der Waals surface area contributed by atoms with E-state index in [2.05, 4.69) is 22.2 Å². The number of unbranched alkanes of at least 4 members (excludes halogenated alkanes) is 1. The van der Waals surface area contributed by atoms with Gasteiger partial charge in [-0.25, -0.2) is 9.97 Å². The van der Waals surface area contributed by atoms with Gasteiger partial charge in [0.15, 0.2) is 5.16 Å². The number of thioether (sulfide) groups is 1. The van der Waals surface area contributed by atoms with Gasteiger partial charge in [0.05, 0.1) is 17.9 Å². The molecular formula is C16H21N3O2S. The highest BCUT2D eigenvalue weighted by Gasteiger charge is 2.10. The Hall–Kier alpha value is -1.82. The first-order valence-corrected chi connectivity index (χ1v) is 8.52. The van der Waals surface area contributed by atoms with E-state index in [9.17, 15) is 4.79 Å². The Labute approximate surface area is 134 Å². The second-order valence-corrected chi connectivity index (χ2v) is 5.69. The minimum absolute atomic E-state index is 0.223. The number of para-hydroxylation sites is 1. The molecule has 0 saturated heterocycles. The summed E-state index contributed by atoms with van der Waals surface area (Å²) in [6.45, 7) is 5.21. The monoisotopic (exact) mass is 319 g/mol. The average molecular weight is 319 g/mol. The van der Waals surface area contributed by atoms with E-state index in [1.807, 2.05) is 24.3 Å². The standard InChI is InChI=1S/C16H21N3O2S/c1-3-5-10-17-15-12-8-6-7-9-13(12)18-16(19-15)22-11-14(20)21-4-2/h6-9H,3-5,10-11H2,1-2H3,(H,17,18,19). The van der Waals surface area contributed by atoms with Crippen LogP contribution in [0.4, 0.5) is 5.82 Å². The van der Waals surface area contributed by atoms with Crippen molar-refractivity contribution in [2.75, 3.05) is 24.2 Å². The minimum atomic E-state index is -0.246. The lowest BCUT2D eigenvalue weighted by Crippen LogP contribution is -2.08. The fraction of sp³-hybridized carbons (Fsp3) is 0.438. The molecule has 0 saturated carbocycles. The number of esters is 1. The Morgan fingerprint density at radius 2 is 2.09 bits per heavy atom. The number of benzene rings is 1. The number of aromatic nitrogens is 2. The van der Waals surface area contributed by atoms with Crippen LogP contribution in [-0.2, 0) is 9.53 Å². The van der Waals surface area contributed by atoms with Crippen LogP contribution >= 0.6 is 11.8 Å². The first-order valence-electron chi connectivity index (χ1n) is 7.53. The van der Waals surface area contributed by atoms with Crippen molar-refractivity contribution in [2.24, 2.45) is 0 Å². The molecule has 1 N–H and O–H groups in total. The van der Waals surface area contributed by atoms with Crippen LogP contribution in [0.15, 0.2) is 29.4 Å². The van der Waals surface area contributed by atoms with E-state index in [4.69, 9.17) is 4.74 Å². The Kier molecular flexibility index (Phi) is 6.45. The maximum Gasteiger partial charge on any atom is 0.316 e. The first kappa shape index (κ1) is 16.5. The molecule has 2 rings (SSSR count). The van der Waals surface area contributed by atoms with E-state index in [1.165, 1.54) is 11.8 Å².